The van der Waals surface area contributed by atoms with E-state index in [0.717, 1.165) is 6.07 Å². The number of hydrogen-bond donors (Lipinski definition) is 2. The molecule has 0 aliphatic carbocycles. The molecule has 1 atom stereocenters. The SMILES string of the molecule is CCC1(CN)CN(c2ccc(C(F)(F)F)c(-c3[nH]nc4ncccc34)n2)CCO1. The number of pyridine rings is 2. The average Bonchev–Trinajstić information content (AvgIpc) is 3.17. The van der Waals surface area contributed by atoms with Crippen molar-refractivity contribution >= 4 is 16.9 Å². The van der Waals surface area contributed by atoms with Crippen molar-refractivity contribution in [3.8, 4) is 11.4 Å². The van der Waals surface area contributed by atoms with Crippen molar-refractivity contribution < 1.29 is 17.9 Å². The lowest BCUT2D eigenvalue weighted by molar-refractivity contribution is -0.137. The Morgan fingerprint density at radius 2 is 2.14 bits per heavy atom. The Labute approximate surface area is 165 Å². The summed E-state index contributed by atoms with van der Waals surface area (Å²) in [6.07, 6.45) is -2.33. The second-order valence-electron chi connectivity index (χ2n) is 7.05. The maximum absolute atomic E-state index is 13.7. The number of nitrogens with one attached hydrogen (secondary N) is 1. The van der Waals surface area contributed by atoms with Crippen LogP contribution in [0.15, 0.2) is 30.5 Å². The van der Waals surface area contributed by atoms with E-state index in [2.05, 4.69) is 20.2 Å². The van der Waals surface area contributed by atoms with E-state index in [1.165, 1.54) is 12.3 Å². The summed E-state index contributed by atoms with van der Waals surface area (Å²) in [6, 6.07) is 5.77. The van der Waals surface area contributed by atoms with Crippen LogP contribution in [0.25, 0.3) is 22.4 Å². The van der Waals surface area contributed by atoms with Crippen molar-refractivity contribution in [1.82, 2.24) is 20.2 Å². The Morgan fingerprint density at radius 3 is 2.86 bits per heavy atom. The van der Waals surface area contributed by atoms with Crippen LogP contribution in [-0.4, -0.2) is 52.0 Å². The van der Waals surface area contributed by atoms with Gasteiger partial charge in [0, 0.05) is 31.2 Å². The summed E-state index contributed by atoms with van der Waals surface area (Å²) >= 11 is 0. The molecule has 7 nitrogen and oxygen atoms in total. The lowest BCUT2D eigenvalue weighted by Crippen LogP contribution is -2.55. The number of alkyl halides is 3. The number of H-pyrrole nitrogens is 1. The molecule has 1 aliphatic rings. The molecular weight excluding hydrogens is 385 g/mol. The predicted molar refractivity (Wildman–Crippen MR) is 102 cm³/mol. The van der Waals surface area contributed by atoms with E-state index in [4.69, 9.17) is 10.5 Å². The van der Waals surface area contributed by atoms with Crippen molar-refractivity contribution in [1.29, 1.82) is 0 Å². The molecule has 3 aromatic rings. The van der Waals surface area contributed by atoms with Gasteiger partial charge in [0.1, 0.15) is 11.5 Å². The highest BCUT2D eigenvalue weighted by Gasteiger charge is 2.38. The number of ether oxygens (including phenoxy) is 1. The molecule has 0 aromatic carbocycles. The molecule has 0 bridgehead atoms. The van der Waals surface area contributed by atoms with Gasteiger partial charge in [-0.25, -0.2) is 9.97 Å². The minimum Gasteiger partial charge on any atom is -0.370 e. The molecule has 0 amide bonds. The number of rotatable bonds is 4. The summed E-state index contributed by atoms with van der Waals surface area (Å²) in [6.45, 7) is 3.71. The number of fused-ring (bicyclic) bond motifs is 1. The number of halogens is 3. The third-order valence-electron chi connectivity index (χ3n) is 5.34. The van der Waals surface area contributed by atoms with Crippen LogP contribution < -0.4 is 10.6 Å². The molecule has 3 aromatic heterocycles. The van der Waals surface area contributed by atoms with Crippen molar-refractivity contribution in [2.24, 2.45) is 5.73 Å². The van der Waals surface area contributed by atoms with Gasteiger partial charge in [-0.1, -0.05) is 6.92 Å². The number of hydrogen-bond acceptors (Lipinski definition) is 6. The van der Waals surface area contributed by atoms with Crippen LogP contribution >= 0.6 is 0 Å². The third kappa shape index (κ3) is 3.53. The summed E-state index contributed by atoms with van der Waals surface area (Å²) in [5, 5.41) is 7.17. The second kappa shape index (κ2) is 7.27. The van der Waals surface area contributed by atoms with E-state index < -0.39 is 17.3 Å². The molecular formula is C19H21F3N6O. The van der Waals surface area contributed by atoms with E-state index in [1.807, 2.05) is 11.8 Å². The highest BCUT2D eigenvalue weighted by Crippen LogP contribution is 2.39. The van der Waals surface area contributed by atoms with Gasteiger partial charge in [-0.2, -0.15) is 18.3 Å². The molecule has 4 rings (SSSR count). The molecule has 154 valence electrons. The molecule has 0 saturated carbocycles. The maximum atomic E-state index is 13.7. The minimum atomic E-state index is -4.56. The fourth-order valence-corrected chi connectivity index (χ4v) is 3.60. The number of aromatic nitrogens is 4. The van der Waals surface area contributed by atoms with Crippen molar-refractivity contribution in [3.05, 3.63) is 36.0 Å². The molecule has 0 spiro atoms. The number of nitrogens with two attached hydrogens (primary N) is 1. The van der Waals surface area contributed by atoms with Crippen molar-refractivity contribution in [3.63, 3.8) is 0 Å². The summed E-state index contributed by atoms with van der Waals surface area (Å²) in [7, 11) is 0. The van der Waals surface area contributed by atoms with Gasteiger partial charge in [0.25, 0.3) is 0 Å². The Morgan fingerprint density at radius 1 is 1.31 bits per heavy atom. The van der Waals surface area contributed by atoms with Crippen LogP contribution in [0.5, 0.6) is 0 Å². The largest absolute Gasteiger partial charge is 0.418 e. The van der Waals surface area contributed by atoms with Gasteiger partial charge in [-0.3, -0.25) is 5.10 Å². The van der Waals surface area contributed by atoms with Gasteiger partial charge in [0.2, 0.25) is 0 Å². The summed E-state index contributed by atoms with van der Waals surface area (Å²) in [5.41, 5.74) is 4.86. The van der Waals surface area contributed by atoms with Crippen LogP contribution in [-0.2, 0) is 10.9 Å². The number of nitrogens with zero attached hydrogens (tertiary/aromatic N) is 4. The Kier molecular flexibility index (Phi) is 4.91. The van der Waals surface area contributed by atoms with Crippen LogP contribution in [0.2, 0.25) is 0 Å². The highest BCUT2D eigenvalue weighted by atomic mass is 19.4. The predicted octanol–water partition coefficient (Wildman–Crippen LogP) is 2.98. The summed E-state index contributed by atoms with van der Waals surface area (Å²) in [5.74, 6) is 0.439. The fraction of sp³-hybridized carbons (Fsp3) is 0.421. The fourth-order valence-electron chi connectivity index (χ4n) is 3.60. The first-order valence-electron chi connectivity index (χ1n) is 9.33. The Bertz CT molecular complexity index is 1010. The van der Waals surface area contributed by atoms with Gasteiger partial charge in [-0.05, 0) is 30.7 Å². The smallest absolute Gasteiger partial charge is 0.370 e. The number of aromatic amines is 1. The monoisotopic (exact) mass is 406 g/mol. The topological polar surface area (TPSA) is 93.0 Å². The molecule has 1 aliphatic heterocycles. The van der Waals surface area contributed by atoms with E-state index >= 15 is 0 Å². The average molecular weight is 406 g/mol. The quantitative estimate of drug-likeness (QED) is 0.692. The van der Waals surface area contributed by atoms with E-state index in [0.29, 0.717) is 49.5 Å². The summed E-state index contributed by atoms with van der Waals surface area (Å²) < 4.78 is 47.0. The molecule has 1 saturated heterocycles. The molecule has 4 heterocycles. The molecule has 0 radical (unpaired) electrons. The lowest BCUT2D eigenvalue weighted by Gasteiger charge is -2.42. The summed E-state index contributed by atoms with van der Waals surface area (Å²) in [4.78, 5) is 10.4. The van der Waals surface area contributed by atoms with Crippen LogP contribution in [0, 0.1) is 0 Å². The molecule has 29 heavy (non-hydrogen) atoms. The Balaban J connectivity index is 1.82. The molecule has 1 fully saturated rings. The van der Waals surface area contributed by atoms with Crippen LogP contribution in [0.1, 0.15) is 18.9 Å². The van der Waals surface area contributed by atoms with E-state index in [-0.39, 0.29) is 11.4 Å². The number of anilines is 1. The maximum Gasteiger partial charge on any atom is 0.418 e. The molecule has 1 unspecified atom stereocenters. The van der Waals surface area contributed by atoms with Gasteiger partial charge in [0.15, 0.2) is 5.65 Å². The van der Waals surface area contributed by atoms with Crippen LogP contribution in [0.3, 0.4) is 0 Å². The first-order valence-corrected chi connectivity index (χ1v) is 9.33. The van der Waals surface area contributed by atoms with Gasteiger partial charge < -0.3 is 15.4 Å². The van der Waals surface area contributed by atoms with Crippen molar-refractivity contribution in [2.75, 3.05) is 31.1 Å². The van der Waals surface area contributed by atoms with E-state index in [9.17, 15) is 13.2 Å². The van der Waals surface area contributed by atoms with Crippen LogP contribution in [0.4, 0.5) is 19.0 Å². The van der Waals surface area contributed by atoms with Crippen molar-refractivity contribution in [2.45, 2.75) is 25.1 Å². The first-order chi connectivity index (χ1) is 13.9. The Hall–Kier alpha value is -2.72. The minimum absolute atomic E-state index is 0.191. The molecule has 3 N–H and O–H groups in total. The first kappa shape index (κ1) is 19.6. The standard InChI is InChI=1S/C19H21F3N6O/c1-2-18(10-23)11-28(8-9-29-18)14-6-5-13(19(20,21)22)16(25-14)15-12-4-3-7-24-17(12)27-26-15/h3-7H,2,8-11,23H2,1H3,(H,24,26,27). The highest BCUT2D eigenvalue weighted by molar-refractivity contribution is 5.90. The normalized spacial score (nSPS) is 20.4. The van der Waals surface area contributed by atoms with Gasteiger partial charge >= 0.3 is 6.18 Å². The second-order valence-corrected chi connectivity index (χ2v) is 7.05. The number of morpholine rings is 1. The van der Waals surface area contributed by atoms with Gasteiger partial charge in [0.05, 0.1) is 23.5 Å². The zero-order valence-electron chi connectivity index (χ0n) is 15.8. The lowest BCUT2D eigenvalue weighted by atomic mass is 9.98. The van der Waals surface area contributed by atoms with E-state index in [1.54, 1.807) is 12.1 Å². The third-order valence-corrected chi connectivity index (χ3v) is 5.34. The zero-order valence-corrected chi connectivity index (χ0v) is 15.8. The van der Waals surface area contributed by atoms with Gasteiger partial charge in [-0.15, -0.1) is 0 Å². The molecule has 10 heteroatoms. The zero-order chi connectivity index (χ0) is 20.6.